The topological polar surface area (TPSA) is 57.8 Å². The first-order valence-corrected chi connectivity index (χ1v) is 6.48. The van der Waals surface area contributed by atoms with E-state index >= 15 is 0 Å². The lowest BCUT2D eigenvalue weighted by atomic mass is 10.2. The van der Waals surface area contributed by atoms with Gasteiger partial charge < -0.3 is 9.88 Å². The monoisotopic (exact) mass is 297 g/mol. The van der Waals surface area contributed by atoms with Crippen LogP contribution in [0.3, 0.4) is 0 Å². The van der Waals surface area contributed by atoms with Gasteiger partial charge in [0.15, 0.2) is 0 Å². The zero-order valence-electron chi connectivity index (χ0n) is 10.3. The quantitative estimate of drug-likeness (QED) is 0.865. The Kier molecular flexibility index (Phi) is 4.76. The van der Waals surface area contributed by atoms with E-state index in [2.05, 4.69) is 27.3 Å². The number of halogens is 1. The number of aromatic nitrogens is 1. The number of nitrogens with zero attached hydrogens (tertiary/aromatic N) is 2. The van der Waals surface area contributed by atoms with Gasteiger partial charge in [0, 0.05) is 23.3 Å². The smallest absolute Gasteiger partial charge is 0.268 e. The lowest BCUT2D eigenvalue weighted by Gasteiger charge is -2.18. The first-order valence-electron chi connectivity index (χ1n) is 5.69. The predicted octanol–water partition coefficient (Wildman–Crippen LogP) is 2.39. The lowest BCUT2D eigenvalue weighted by Crippen LogP contribution is -2.36. The SMILES string of the molecule is CC.Cc1c(Br)c(CC#N)n2c1C(=O)NCC2. The number of amides is 1. The van der Waals surface area contributed by atoms with E-state index in [1.807, 2.05) is 25.3 Å². The molecule has 1 aromatic heterocycles. The summed E-state index contributed by atoms with van der Waals surface area (Å²) in [6.45, 7) is 7.26. The summed E-state index contributed by atoms with van der Waals surface area (Å²) in [6.07, 6.45) is 0.328. The second kappa shape index (κ2) is 5.87. The molecule has 2 rings (SSSR count). The van der Waals surface area contributed by atoms with Gasteiger partial charge in [-0.3, -0.25) is 4.79 Å². The van der Waals surface area contributed by atoms with Crippen molar-refractivity contribution < 1.29 is 4.79 Å². The molecule has 0 saturated heterocycles. The summed E-state index contributed by atoms with van der Waals surface area (Å²) in [7, 11) is 0. The minimum atomic E-state index is -0.0522. The Morgan fingerprint density at radius 3 is 2.76 bits per heavy atom. The van der Waals surface area contributed by atoms with Crippen molar-refractivity contribution in [3.05, 3.63) is 21.4 Å². The predicted molar refractivity (Wildman–Crippen MR) is 69.9 cm³/mol. The highest BCUT2D eigenvalue weighted by atomic mass is 79.9. The maximum absolute atomic E-state index is 11.6. The number of hydrogen-bond acceptors (Lipinski definition) is 2. The number of nitriles is 1. The molecule has 17 heavy (non-hydrogen) atoms. The second-order valence-corrected chi connectivity index (χ2v) is 4.27. The number of carbonyl (C=O) groups is 1. The number of fused-ring (bicyclic) bond motifs is 1. The third kappa shape index (κ3) is 2.37. The first kappa shape index (κ1) is 13.8. The van der Waals surface area contributed by atoms with Crippen molar-refractivity contribution >= 4 is 21.8 Å². The van der Waals surface area contributed by atoms with Gasteiger partial charge in [0.1, 0.15) is 5.69 Å². The third-order valence-corrected chi connectivity index (χ3v) is 3.67. The molecule has 1 amide bonds. The highest BCUT2D eigenvalue weighted by Gasteiger charge is 2.25. The summed E-state index contributed by atoms with van der Waals surface area (Å²) >= 11 is 3.44. The molecule has 0 fully saturated rings. The van der Waals surface area contributed by atoms with Crippen molar-refractivity contribution in [2.45, 2.75) is 33.7 Å². The molecule has 1 aliphatic rings. The fraction of sp³-hybridized carbons (Fsp3) is 0.500. The fourth-order valence-electron chi connectivity index (χ4n) is 1.93. The van der Waals surface area contributed by atoms with E-state index < -0.39 is 0 Å². The summed E-state index contributed by atoms with van der Waals surface area (Å²) in [5, 5.41) is 11.5. The molecule has 0 saturated carbocycles. The number of carbonyl (C=O) groups excluding carboxylic acids is 1. The zero-order valence-corrected chi connectivity index (χ0v) is 11.9. The van der Waals surface area contributed by atoms with Crippen LogP contribution in [0.1, 0.15) is 35.6 Å². The van der Waals surface area contributed by atoms with E-state index in [4.69, 9.17) is 5.26 Å². The Balaban J connectivity index is 0.000000686. The highest BCUT2D eigenvalue weighted by Crippen LogP contribution is 2.29. The average Bonchev–Trinajstić information content (AvgIpc) is 2.59. The molecule has 2 heterocycles. The zero-order chi connectivity index (χ0) is 13.0. The highest BCUT2D eigenvalue weighted by molar-refractivity contribution is 9.10. The summed E-state index contributed by atoms with van der Waals surface area (Å²) in [4.78, 5) is 11.6. The van der Waals surface area contributed by atoms with Crippen molar-refractivity contribution in [3.63, 3.8) is 0 Å². The van der Waals surface area contributed by atoms with Crippen LogP contribution in [-0.2, 0) is 13.0 Å². The lowest BCUT2D eigenvalue weighted by molar-refractivity contribution is 0.0926. The third-order valence-electron chi connectivity index (χ3n) is 2.62. The molecule has 0 atom stereocenters. The standard InChI is InChI=1S/C10H10BrN3O.C2H6/c1-6-8(11)7(2-3-12)14-5-4-13-10(15)9(6)14;1-2/h2,4-5H2,1H3,(H,13,15);1-2H3. The van der Waals surface area contributed by atoms with Crippen molar-refractivity contribution in [3.8, 4) is 6.07 Å². The maximum Gasteiger partial charge on any atom is 0.268 e. The fourth-order valence-corrected chi connectivity index (χ4v) is 2.47. The van der Waals surface area contributed by atoms with Crippen molar-refractivity contribution in [1.82, 2.24) is 9.88 Å². The molecule has 0 aliphatic carbocycles. The molecule has 92 valence electrons. The molecule has 1 aromatic rings. The van der Waals surface area contributed by atoms with Crippen LogP contribution in [0, 0.1) is 18.3 Å². The van der Waals surface area contributed by atoms with Gasteiger partial charge in [0.25, 0.3) is 5.91 Å². The van der Waals surface area contributed by atoms with Crippen LogP contribution in [0.25, 0.3) is 0 Å². The van der Waals surface area contributed by atoms with Crippen LogP contribution < -0.4 is 5.32 Å². The molecule has 4 nitrogen and oxygen atoms in total. The van der Waals surface area contributed by atoms with Crippen molar-refractivity contribution in [2.24, 2.45) is 0 Å². The average molecular weight is 298 g/mol. The maximum atomic E-state index is 11.6. The van der Waals surface area contributed by atoms with E-state index in [9.17, 15) is 4.79 Å². The van der Waals surface area contributed by atoms with Gasteiger partial charge in [-0.25, -0.2) is 0 Å². The molecule has 0 bridgehead atoms. The molecule has 1 aliphatic heterocycles. The van der Waals surface area contributed by atoms with E-state index in [0.29, 0.717) is 18.7 Å². The van der Waals surface area contributed by atoms with Gasteiger partial charge >= 0.3 is 0 Å². The number of hydrogen-bond donors (Lipinski definition) is 1. The first-order chi connectivity index (χ1) is 8.16. The molecule has 0 spiro atoms. The Labute approximate surface area is 110 Å². The van der Waals surface area contributed by atoms with Crippen molar-refractivity contribution in [2.75, 3.05) is 6.54 Å². The summed E-state index contributed by atoms with van der Waals surface area (Å²) < 4.78 is 2.82. The second-order valence-electron chi connectivity index (χ2n) is 3.48. The van der Waals surface area contributed by atoms with Gasteiger partial charge in [0.2, 0.25) is 0 Å². The Morgan fingerprint density at radius 1 is 1.53 bits per heavy atom. The van der Waals surface area contributed by atoms with Crippen LogP contribution in [0.4, 0.5) is 0 Å². The van der Waals surface area contributed by atoms with Gasteiger partial charge in [-0.15, -0.1) is 0 Å². The molecule has 0 radical (unpaired) electrons. The number of rotatable bonds is 1. The van der Waals surface area contributed by atoms with Gasteiger partial charge in [-0.05, 0) is 28.4 Å². The Morgan fingerprint density at radius 2 is 2.18 bits per heavy atom. The van der Waals surface area contributed by atoms with Crippen LogP contribution in [-0.4, -0.2) is 17.0 Å². The minimum absolute atomic E-state index is 0.0522. The van der Waals surface area contributed by atoms with E-state index in [0.717, 1.165) is 22.3 Å². The molecule has 1 N–H and O–H groups in total. The molecular weight excluding hydrogens is 282 g/mol. The van der Waals surface area contributed by atoms with Crippen molar-refractivity contribution in [1.29, 1.82) is 5.26 Å². The minimum Gasteiger partial charge on any atom is -0.349 e. The number of nitrogens with one attached hydrogen (secondary N) is 1. The van der Waals surface area contributed by atoms with Gasteiger partial charge in [-0.2, -0.15) is 5.26 Å². The van der Waals surface area contributed by atoms with Crippen LogP contribution in [0.15, 0.2) is 4.47 Å². The molecule has 0 unspecified atom stereocenters. The normalized spacial score (nSPS) is 13.0. The van der Waals surface area contributed by atoms with E-state index in [1.54, 1.807) is 0 Å². The van der Waals surface area contributed by atoms with Crippen LogP contribution >= 0.6 is 15.9 Å². The molecule has 5 heteroatoms. The Hall–Kier alpha value is -1.28. The summed E-state index contributed by atoms with van der Waals surface area (Å²) in [6, 6.07) is 2.12. The van der Waals surface area contributed by atoms with Crippen LogP contribution in [0.5, 0.6) is 0 Å². The molecule has 0 aromatic carbocycles. The largest absolute Gasteiger partial charge is 0.349 e. The molecular formula is C12H16BrN3O. The van der Waals surface area contributed by atoms with Gasteiger partial charge in [0.05, 0.1) is 12.5 Å². The Bertz CT molecular complexity index is 471. The summed E-state index contributed by atoms with van der Waals surface area (Å²) in [5.74, 6) is -0.0522. The van der Waals surface area contributed by atoms with Gasteiger partial charge in [-0.1, -0.05) is 13.8 Å². The van der Waals surface area contributed by atoms with Crippen LogP contribution in [0.2, 0.25) is 0 Å². The van der Waals surface area contributed by atoms with E-state index in [1.165, 1.54) is 0 Å². The van der Waals surface area contributed by atoms with E-state index in [-0.39, 0.29) is 5.91 Å². The summed E-state index contributed by atoms with van der Waals surface area (Å²) in [5.41, 5.74) is 2.50.